The molecule has 0 radical (unpaired) electrons. The van der Waals surface area contributed by atoms with E-state index in [1.165, 1.54) is 34.6 Å². The quantitative estimate of drug-likeness (QED) is 0.807. The Morgan fingerprint density at radius 1 is 0.962 bits per heavy atom. The molecule has 1 aliphatic heterocycles. The van der Waals surface area contributed by atoms with Crippen LogP contribution in [0.25, 0.3) is 0 Å². The fourth-order valence-electron chi connectivity index (χ4n) is 2.66. The van der Waals surface area contributed by atoms with Crippen molar-refractivity contribution in [2.75, 3.05) is 31.5 Å². The molecule has 0 saturated carbocycles. The van der Waals surface area contributed by atoms with Gasteiger partial charge in [0.25, 0.3) is 0 Å². The minimum atomic E-state index is -3.88. The lowest BCUT2D eigenvalue weighted by Gasteiger charge is -2.35. The number of halogens is 2. The zero-order valence-corrected chi connectivity index (χ0v) is 15.4. The molecular weight excluding hydrogens is 380 g/mol. The number of piperazine rings is 1. The Balaban J connectivity index is 1.62. The van der Waals surface area contributed by atoms with Gasteiger partial charge in [0.2, 0.25) is 10.0 Å². The molecule has 5 nitrogen and oxygen atoms in total. The zero-order valence-electron chi connectivity index (χ0n) is 13.7. The molecule has 9 heteroatoms. The van der Waals surface area contributed by atoms with Gasteiger partial charge in [-0.3, -0.25) is 0 Å². The van der Waals surface area contributed by atoms with Gasteiger partial charge in [0.15, 0.2) is 5.11 Å². The van der Waals surface area contributed by atoms with E-state index in [0.29, 0.717) is 23.9 Å². The summed E-state index contributed by atoms with van der Waals surface area (Å²) in [5, 5.41) is 3.43. The number of hydrogen-bond acceptors (Lipinski definition) is 3. The van der Waals surface area contributed by atoms with Gasteiger partial charge in [-0.25, -0.2) is 17.2 Å². The van der Waals surface area contributed by atoms with Crippen molar-refractivity contribution in [2.45, 2.75) is 4.90 Å². The fraction of sp³-hybridized carbons (Fsp3) is 0.235. The van der Waals surface area contributed by atoms with E-state index in [1.807, 2.05) is 4.90 Å². The van der Waals surface area contributed by atoms with Gasteiger partial charge in [-0.2, -0.15) is 4.31 Å². The third-order valence-electron chi connectivity index (χ3n) is 4.08. The first-order valence-corrected chi connectivity index (χ1v) is 9.79. The summed E-state index contributed by atoms with van der Waals surface area (Å²) in [5.41, 5.74) is 0.651. The first kappa shape index (κ1) is 18.7. The molecule has 26 heavy (non-hydrogen) atoms. The van der Waals surface area contributed by atoms with Gasteiger partial charge >= 0.3 is 0 Å². The predicted octanol–water partition coefficient (Wildman–Crippen LogP) is 2.67. The maximum absolute atomic E-state index is 13.8. The van der Waals surface area contributed by atoms with Crippen molar-refractivity contribution in [1.29, 1.82) is 0 Å². The van der Waals surface area contributed by atoms with Gasteiger partial charge in [-0.05, 0) is 48.6 Å². The normalized spacial score (nSPS) is 15.7. The van der Waals surface area contributed by atoms with Gasteiger partial charge in [-0.15, -0.1) is 0 Å². The lowest BCUT2D eigenvalue weighted by Crippen LogP contribution is -2.51. The molecule has 2 aromatic carbocycles. The molecule has 138 valence electrons. The first-order chi connectivity index (χ1) is 12.4. The number of benzene rings is 2. The Morgan fingerprint density at radius 3 is 2.19 bits per heavy atom. The lowest BCUT2D eigenvalue weighted by atomic mass is 10.3. The smallest absolute Gasteiger partial charge is 0.246 e. The monoisotopic (exact) mass is 397 g/mol. The van der Waals surface area contributed by atoms with E-state index in [0.717, 1.165) is 6.07 Å². The topological polar surface area (TPSA) is 52.7 Å². The summed E-state index contributed by atoms with van der Waals surface area (Å²) < 4.78 is 53.2. The van der Waals surface area contributed by atoms with Crippen LogP contribution in [0.5, 0.6) is 0 Å². The summed E-state index contributed by atoms with van der Waals surface area (Å²) in [5.74, 6) is -1.10. The molecule has 3 rings (SSSR count). The molecule has 0 aliphatic carbocycles. The molecule has 1 N–H and O–H groups in total. The van der Waals surface area contributed by atoms with Crippen LogP contribution >= 0.6 is 12.2 Å². The van der Waals surface area contributed by atoms with E-state index in [1.54, 1.807) is 12.1 Å². The van der Waals surface area contributed by atoms with Crippen LogP contribution in [0.1, 0.15) is 0 Å². The number of hydrogen-bond donors (Lipinski definition) is 1. The Hall–Kier alpha value is -2.10. The molecule has 0 atom stereocenters. The summed E-state index contributed by atoms with van der Waals surface area (Å²) in [6, 6.07) is 11.1. The number of sulfonamides is 1. The maximum atomic E-state index is 13.8. The van der Waals surface area contributed by atoms with Crippen molar-refractivity contribution in [1.82, 2.24) is 9.21 Å². The molecule has 1 heterocycles. The summed E-state index contributed by atoms with van der Waals surface area (Å²) in [4.78, 5) is 1.51. The highest BCUT2D eigenvalue weighted by Gasteiger charge is 2.31. The average Bonchev–Trinajstić information content (AvgIpc) is 2.64. The Bertz CT molecular complexity index is 896. The minimum Gasteiger partial charge on any atom is -0.346 e. The predicted molar refractivity (Wildman–Crippen MR) is 99.4 cm³/mol. The zero-order chi connectivity index (χ0) is 18.7. The van der Waals surface area contributed by atoms with Crippen LogP contribution in [-0.4, -0.2) is 48.9 Å². The summed E-state index contributed by atoms with van der Waals surface area (Å²) in [7, 11) is -3.88. The molecule has 0 aromatic heterocycles. The second kappa shape index (κ2) is 7.65. The lowest BCUT2D eigenvalue weighted by molar-refractivity contribution is 0.268. The molecule has 0 unspecified atom stereocenters. The Kier molecular flexibility index (Phi) is 5.49. The molecule has 0 bridgehead atoms. The van der Waals surface area contributed by atoms with Crippen molar-refractivity contribution in [3.05, 3.63) is 60.2 Å². The van der Waals surface area contributed by atoms with Crippen LogP contribution in [0.4, 0.5) is 14.5 Å². The van der Waals surface area contributed by atoms with Crippen LogP contribution in [0.2, 0.25) is 0 Å². The van der Waals surface area contributed by atoms with E-state index in [4.69, 9.17) is 12.2 Å². The van der Waals surface area contributed by atoms with Crippen molar-refractivity contribution < 1.29 is 17.2 Å². The number of nitrogens with zero attached hydrogens (tertiary/aromatic N) is 2. The van der Waals surface area contributed by atoms with E-state index in [9.17, 15) is 17.2 Å². The van der Waals surface area contributed by atoms with E-state index in [2.05, 4.69) is 5.32 Å². The number of rotatable bonds is 3. The van der Waals surface area contributed by atoms with E-state index in [-0.39, 0.29) is 23.8 Å². The van der Waals surface area contributed by atoms with Crippen molar-refractivity contribution in [3.8, 4) is 0 Å². The fourth-order valence-corrected chi connectivity index (χ4v) is 4.45. The van der Waals surface area contributed by atoms with Gasteiger partial charge < -0.3 is 10.2 Å². The third kappa shape index (κ3) is 4.00. The van der Waals surface area contributed by atoms with Gasteiger partial charge in [0, 0.05) is 31.9 Å². The van der Waals surface area contributed by atoms with Crippen molar-refractivity contribution >= 4 is 33.0 Å². The number of nitrogens with one attached hydrogen (secondary N) is 1. The second-order valence-corrected chi connectivity index (χ2v) is 8.05. The standard InChI is InChI=1S/C17H17F2N3O2S2/c18-13-5-7-14(8-6-13)20-17(25)21-9-11-22(12-10-21)26(23,24)16-4-2-1-3-15(16)19/h1-8H,9-12H2,(H,20,25). The Morgan fingerprint density at radius 2 is 1.58 bits per heavy atom. The van der Waals surface area contributed by atoms with Gasteiger partial charge in [0.05, 0.1) is 0 Å². The largest absolute Gasteiger partial charge is 0.346 e. The highest BCUT2D eigenvalue weighted by molar-refractivity contribution is 7.89. The van der Waals surface area contributed by atoms with Crippen LogP contribution < -0.4 is 5.32 Å². The average molecular weight is 397 g/mol. The summed E-state index contributed by atoms with van der Waals surface area (Å²) in [6.45, 7) is 1.14. The molecule has 0 amide bonds. The molecule has 1 saturated heterocycles. The van der Waals surface area contributed by atoms with E-state index < -0.39 is 15.8 Å². The van der Waals surface area contributed by atoms with Crippen LogP contribution in [0.15, 0.2) is 53.4 Å². The third-order valence-corrected chi connectivity index (χ3v) is 6.37. The number of thiocarbonyl (C=S) groups is 1. The van der Waals surface area contributed by atoms with Gasteiger partial charge in [-0.1, -0.05) is 12.1 Å². The highest BCUT2D eigenvalue weighted by Crippen LogP contribution is 2.20. The first-order valence-electron chi connectivity index (χ1n) is 7.94. The summed E-state index contributed by atoms with van der Waals surface area (Å²) in [6.07, 6.45) is 0. The molecular formula is C17H17F2N3O2S2. The van der Waals surface area contributed by atoms with Crippen LogP contribution in [0, 0.1) is 11.6 Å². The van der Waals surface area contributed by atoms with E-state index >= 15 is 0 Å². The number of anilines is 1. The molecule has 1 aliphatic rings. The SMILES string of the molecule is O=S(=O)(c1ccccc1F)N1CCN(C(=S)Nc2ccc(F)cc2)CC1. The molecule has 1 fully saturated rings. The van der Waals surface area contributed by atoms with Crippen molar-refractivity contribution in [3.63, 3.8) is 0 Å². The Labute approximate surface area is 156 Å². The highest BCUT2D eigenvalue weighted by atomic mass is 32.2. The maximum Gasteiger partial charge on any atom is 0.246 e. The minimum absolute atomic E-state index is 0.196. The van der Waals surface area contributed by atoms with Crippen LogP contribution in [-0.2, 0) is 10.0 Å². The summed E-state index contributed by atoms with van der Waals surface area (Å²) >= 11 is 5.33. The van der Waals surface area contributed by atoms with Gasteiger partial charge in [0.1, 0.15) is 16.5 Å². The second-order valence-electron chi connectivity index (χ2n) is 5.76. The molecule has 2 aromatic rings. The van der Waals surface area contributed by atoms with Crippen LogP contribution in [0.3, 0.4) is 0 Å². The van der Waals surface area contributed by atoms with Crippen molar-refractivity contribution in [2.24, 2.45) is 0 Å². The molecule has 0 spiro atoms.